The maximum absolute atomic E-state index is 12.2. The third kappa shape index (κ3) is 4.91. The van der Waals surface area contributed by atoms with E-state index in [0.717, 1.165) is 16.6 Å². The summed E-state index contributed by atoms with van der Waals surface area (Å²) in [5, 5.41) is 13.7. The number of fused-ring (bicyclic) bond motifs is 1. The summed E-state index contributed by atoms with van der Waals surface area (Å²) < 4.78 is 1.82. The fourth-order valence-electron chi connectivity index (χ4n) is 2.69. The second-order valence-corrected chi connectivity index (χ2v) is 7.41. The van der Waals surface area contributed by atoms with E-state index < -0.39 is 0 Å². The Bertz CT molecular complexity index is 954. The molecular weight excluding hydrogens is 342 g/mol. The number of benzene rings is 2. The van der Waals surface area contributed by atoms with Crippen molar-refractivity contribution in [2.45, 2.75) is 32.9 Å². The first-order valence-corrected chi connectivity index (χ1v) is 8.78. The number of nitrogens with zero attached hydrogens (tertiary/aromatic N) is 3. The molecule has 1 heterocycles. The van der Waals surface area contributed by atoms with Crippen LogP contribution in [0.25, 0.3) is 11.0 Å². The predicted molar refractivity (Wildman–Crippen MR) is 103 cm³/mol. The molecule has 0 saturated carbocycles. The predicted octanol–water partition coefficient (Wildman–Crippen LogP) is 2.12. The molecule has 3 aromatic rings. The zero-order valence-electron chi connectivity index (χ0n) is 15.7. The molecule has 1 aromatic heterocycles. The summed E-state index contributed by atoms with van der Waals surface area (Å²) in [5.74, 6) is -0.498. The lowest BCUT2D eigenvalue weighted by Crippen LogP contribution is -2.45. The van der Waals surface area contributed by atoms with Crippen molar-refractivity contribution in [2.24, 2.45) is 0 Å². The Labute approximate surface area is 157 Å². The molecule has 0 aliphatic rings. The molecular formula is C20H23N5O2. The highest BCUT2D eigenvalue weighted by atomic mass is 16.2. The van der Waals surface area contributed by atoms with E-state index >= 15 is 0 Å². The van der Waals surface area contributed by atoms with E-state index in [0.29, 0.717) is 12.1 Å². The summed E-state index contributed by atoms with van der Waals surface area (Å²) in [4.78, 5) is 24.0. The number of carbonyl (C=O) groups excluding carboxylic acids is 2. The lowest BCUT2D eigenvalue weighted by Gasteiger charge is -2.20. The first-order valence-electron chi connectivity index (χ1n) is 8.78. The van der Waals surface area contributed by atoms with E-state index in [4.69, 9.17) is 0 Å². The van der Waals surface area contributed by atoms with Gasteiger partial charge in [-0.05, 0) is 50.6 Å². The molecule has 27 heavy (non-hydrogen) atoms. The van der Waals surface area contributed by atoms with Crippen molar-refractivity contribution in [1.29, 1.82) is 0 Å². The van der Waals surface area contributed by atoms with Crippen LogP contribution in [0.2, 0.25) is 0 Å². The monoisotopic (exact) mass is 365 g/mol. The zero-order valence-corrected chi connectivity index (χ0v) is 15.7. The smallest absolute Gasteiger partial charge is 0.251 e. The van der Waals surface area contributed by atoms with Gasteiger partial charge in [-0.1, -0.05) is 29.5 Å². The highest BCUT2D eigenvalue weighted by Gasteiger charge is 2.14. The van der Waals surface area contributed by atoms with Gasteiger partial charge >= 0.3 is 0 Å². The van der Waals surface area contributed by atoms with E-state index in [-0.39, 0.29) is 23.9 Å². The highest BCUT2D eigenvalue weighted by molar-refractivity contribution is 5.96. The van der Waals surface area contributed by atoms with Crippen molar-refractivity contribution in [2.75, 3.05) is 6.54 Å². The van der Waals surface area contributed by atoms with Crippen LogP contribution in [0.3, 0.4) is 0 Å². The Kier molecular flexibility index (Phi) is 5.21. The highest BCUT2D eigenvalue weighted by Crippen LogP contribution is 2.13. The second-order valence-electron chi connectivity index (χ2n) is 7.41. The lowest BCUT2D eigenvalue weighted by molar-refractivity contribution is -0.121. The summed E-state index contributed by atoms with van der Waals surface area (Å²) in [6, 6.07) is 15.0. The van der Waals surface area contributed by atoms with Crippen LogP contribution < -0.4 is 10.6 Å². The van der Waals surface area contributed by atoms with E-state index in [9.17, 15) is 9.59 Å². The maximum Gasteiger partial charge on any atom is 0.251 e. The molecule has 140 valence electrons. The number of hydrogen-bond donors (Lipinski definition) is 2. The lowest BCUT2D eigenvalue weighted by atomic mass is 10.1. The molecule has 7 nitrogen and oxygen atoms in total. The molecule has 0 aliphatic carbocycles. The molecule has 0 fully saturated rings. The molecule has 2 aromatic carbocycles. The van der Waals surface area contributed by atoms with Crippen LogP contribution in [0.1, 0.15) is 36.7 Å². The van der Waals surface area contributed by atoms with Crippen molar-refractivity contribution in [1.82, 2.24) is 25.6 Å². The summed E-state index contributed by atoms with van der Waals surface area (Å²) in [7, 11) is 0. The molecule has 0 spiro atoms. The van der Waals surface area contributed by atoms with Crippen LogP contribution in [0.5, 0.6) is 0 Å². The second kappa shape index (κ2) is 7.57. The van der Waals surface area contributed by atoms with Crippen molar-refractivity contribution in [3.8, 4) is 0 Å². The molecule has 0 unspecified atom stereocenters. The van der Waals surface area contributed by atoms with Gasteiger partial charge in [0.1, 0.15) is 5.52 Å². The zero-order chi connectivity index (χ0) is 19.4. The average Bonchev–Trinajstić information content (AvgIpc) is 3.02. The summed E-state index contributed by atoms with van der Waals surface area (Å²) in [6.45, 7) is 6.19. The van der Waals surface area contributed by atoms with E-state index in [1.165, 1.54) is 0 Å². The maximum atomic E-state index is 12.2. The molecule has 0 aliphatic heterocycles. The van der Waals surface area contributed by atoms with Crippen LogP contribution in [-0.2, 0) is 11.3 Å². The third-order valence-corrected chi connectivity index (χ3v) is 3.89. The van der Waals surface area contributed by atoms with Gasteiger partial charge in [-0.3, -0.25) is 9.59 Å². The van der Waals surface area contributed by atoms with Gasteiger partial charge in [0.25, 0.3) is 5.91 Å². The number of hydrogen-bond acceptors (Lipinski definition) is 4. The van der Waals surface area contributed by atoms with Crippen molar-refractivity contribution in [3.05, 3.63) is 59.7 Å². The molecule has 0 bridgehead atoms. The van der Waals surface area contributed by atoms with Gasteiger partial charge in [-0.25, -0.2) is 4.68 Å². The van der Waals surface area contributed by atoms with Gasteiger partial charge in [0.05, 0.1) is 18.6 Å². The largest absolute Gasteiger partial charge is 0.350 e. The first kappa shape index (κ1) is 18.6. The van der Waals surface area contributed by atoms with Gasteiger partial charge in [-0.15, -0.1) is 5.10 Å². The number of nitrogens with one attached hydrogen (secondary N) is 2. The van der Waals surface area contributed by atoms with Crippen LogP contribution in [-0.4, -0.2) is 38.9 Å². The van der Waals surface area contributed by atoms with E-state index in [2.05, 4.69) is 20.9 Å². The number of para-hydroxylation sites is 1. The van der Waals surface area contributed by atoms with Crippen molar-refractivity contribution >= 4 is 22.8 Å². The Morgan fingerprint density at radius 1 is 1.04 bits per heavy atom. The standard InChI is InChI=1S/C20H23N5O2/c1-20(2,3)22-18(26)12-21-19(27)15-10-8-14(9-11-15)13-25-17-7-5-4-6-16(17)23-24-25/h4-11H,12-13H2,1-3H3,(H,21,27)(H,22,26). The normalized spacial score (nSPS) is 11.4. The number of amides is 2. The van der Waals surface area contributed by atoms with Gasteiger partial charge in [0.2, 0.25) is 5.91 Å². The SMILES string of the molecule is CC(C)(C)NC(=O)CNC(=O)c1ccc(Cn2nnc3ccccc32)cc1. The third-order valence-electron chi connectivity index (χ3n) is 3.89. The molecule has 3 rings (SSSR count). The Morgan fingerprint density at radius 2 is 1.74 bits per heavy atom. The molecule has 2 N–H and O–H groups in total. The van der Waals surface area contributed by atoms with E-state index in [1.807, 2.05) is 61.9 Å². The number of rotatable bonds is 5. The summed E-state index contributed by atoms with van der Waals surface area (Å²) in [5.41, 5.74) is 3.00. The minimum absolute atomic E-state index is 0.0528. The Hall–Kier alpha value is -3.22. The number of aromatic nitrogens is 3. The Balaban J connectivity index is 1.60. The van der Waals surface area contributed by atoms with Crippen LogP contribution in [0.15, 0.2) is 48.5 Å². The molecule has 0 atom stereocenters. The molecule has 2 amide bonds. The van der Waals surface area contributed by atoms with Crippen LogP contribution in [0.4, 0.5) is 0 Å². The van der Waals surface area contributed by atoms with Crippen LogP contribution in [0, 0.1) is 0 Å². The fourth-order valence-corrected chi connectivity index (χ4v) is 2.69. The minimum atomic E-state index is -0.324. The van der Waals surface area contributed by atoms with E-state index in [1.54, 1.807) is 12.1 Å². The molecule has 0 radical (unpaired) electrons. The van der Waals surface area contributed by atoms with Crippen molar-refractivity contribution < 1.29 is 9.59 Å². The van der Waals surface area contributed by atoms with Gasteiger partial charge in [-0.2, -0.15) is 0 Å². The van der Waals surface area contributed by atoms with Gasteiger partial charge in [0.15, 0.2) is 0 Å². The topological polar surface area (TPSA) is 88.9 Å². The Morgan fingerprint density at radius 3 is 2.44 bits per heavy atom. The first-order chi connectivity index (χ1) is 12.8. The van der Waals surface area contributed by atoms with Gasteiger partial charge < -0.3 is 10.6 Å². The molecule has 0 saturated heterocycles. The summed E-state index contributed by atoms with van der Waals surface area (Å²) in [6.07, 6.45) is 0. The summed E-state index contributed by atoms with van der Waals surface area (Å²) >= 11 is 0. The van der Waals surface area contributed by atoms with Gasteiger partial charge in [0, 0.05) is 11.1 Å². The molecule has 7 heteroatoms. The average molecular weight is 365 g/mol. The minimum Gasteiger partial charge on any atom is -0.350 e. The van der Waals surface area contributed by atoms with Crippen molar-refractivity contribution in [3.63, 3.8) is 0 Å². The fraction of sp³-hybridized carbons (Fsp3) is 0.300. The number of carbonyl (C=O) groups is 2. The van der Waals surface area contributed by atoms with Crippen LogP contribution >= 0.6 is 0 Å². The quantitative estimate of drug-likeness (QED) is 0.725.